The third kappa shape index (κ3) is 2.38. The van der Waals surface area contributed by atoms with Crippen LogP contribution in [0.3, 0.4) is 0 Å². The molecule has 2 aromatic rings. The number of benzene rings is 1. The van der Waals surface area contributed by atoms with Crippen LogP contribution in [-0.2, 0) is 0 Å². The Morgan fingerprint density at radius 2 is 2.00 bits per heavy atom. The Hall–Kier alpha value is -1.81. The van der Waals surface area contributed by atoms with E-state index in [1.165, 1.54) is 6.07 Å². The van der Waals surface area contributed by atoms with Crippen LogP contribution in [0.25, 0.3) is 0 Å². The summed E-state index contributed by atoms with van der Waals surface area (Å²) in [6, 6.07) is 8.13. The molecule has 1 heterocycles. The number of nitrogens with two attached hydrogens (primary N) is 1. The van der Waals surface area contributed by atoms with Gasteiger partial charge in [-0.1, -0.05) is 11.6 Å². The molecule has 0 saturated carbocycles. The van der Waals surface area contributed by atoms with Crippen LogP contribution in [0.1, 0.15) is 5.69 Å². The highest BCUT2D eigenvalue weighted by molar-refractivity contribution is 6.31. The lowest BCUT2D eigenvalue weighted by Crippen LogP contribution is -2.12. The first-order valence-electron chi connectivity index (χ1n) is 5.41. The zero-order chi connectivity index (χ0) is 13.3. The van der Waals surface area contributed by atoms with Crippen molar-refractivity contribution in [3.8, 4) is 0 Å². The SMILES string of the molecule is Cc1nc(N(C)c2ccc(F)c(Cl)c2)ccc1N. The molecule has 0 aliphatic rings. The molecule has 18 heavy (non-hydrogen) atoms. The Labute approximate surface area is 110 Å². The van der Waals surface area contributed by atoms with Crippen LogP contribution < -0.4 is 10.6 Å². The van der Waals surface area contributed by atoms with Crippen LogP contribution in [0, 0.1) is 12.7 Å². The molecule has 0 radical (unpaired) electrons. The Bertz CT molecular complexity index is 535. The zero-order valence-corrected chi connectivity index (χ0v) is 10.9. The van der Waals surface area contributed by atoms with E-state index >= 15 is 0 Å². The molecular formula is C13H13ClFN3. The molecule has 3 nitrogen and oxygen atoms in total. The number of pyridine rings is 1. The minimum absolute atomic E-state index is 0.0894. The maximum absolute atomic E-state index is 13.1. The summed E-state index contributed by atoms with van der Waals surface area (Å²) < 4.78 is 13.1. The summed E-state index contributed by atoms with van der Waals surface area (Å²) >= 11 is 5.76. The van der Waals surface area contributed by atoms with Crippen LogP contribution >= 0.6 is 11.6 Å². The van der Waals surface area contributed by atoms with E-state index in [1.807, 2.05) is 18.9 Å². The van der Waals surface area contributed by atoms with Gasteiger partial charge in [-0.2, -0.15) is 0 Å². The Morgan fingerprint density at radius 1 is 1.28 bits per heavy atom. The molecule has 0 atom stereocenters. The van der Waals surface area contributed by atoms with Gasteiger partial charge in [0, 0.05) is 12.7 Å². The lowest BCUT2D eigenvalue weighted by atomic mass is 10.2. The second-order valence-electron chi connectivity index (χ2n) is 4.00. The van der Waals surface area contributed by atoms with Gasteiger partial charge < -0.3 is 10.6 Å². The smallest absolute Gasteiger partial charge is 0.141 e. The number of aryl methyl sites for hydroxylation is 1. The van der Waals surface area contributed by atoms with E-state index in [0.717, 1.165) is 17.2 Å². The summed E-state index contributed by atoms with van der Waals surface area (Å²) in [5, 5.41) is 0.0894. The van der Waals surface area contributed by atoms with Gasteiger partial charge in [-0.15, -0.1) is 0 Å². The van der Waals surface area contributed by atoms with Gasteiger partial charge in [0.05, 0.1) is 16.4 Å². The average molecular weight is 266 g/mol. The van der Waals surface area contributed by atoms with Gasteiger partial charge in [0.25, 0.3) is 0 Å². The number of nitrogen functional groups attached to an aromatic ring is 1. The molecule has 5 heteroatoms. The molecule has 0 aliphatic heterocycles. The van der Waals surface area contributed by atoms with Crippen molar-refractivity contribution < 1.29 is 4.39 Å². The van der Waals surface area contributed by atoms with Crippen molar-refractivity contribution in [2.24, 2.45) is 0 Å². The maximum Gasteiger partial charge on any atom is 0.141 e. The van der Waals surface area contributed by atoms with Crippen molar-refractivity contribution in [3.63, 3.8) is 0 Å². The standard InChI is InChI=1S/C13H13ClFN3/c1-8-12(16)5-6-13(17-8)18(2)9-3-4-11(15)10(14)7-9/h3-7H,16H2,1-2H3. The van der Waals surface area contributed by atoms with Gasteiger partial charge >= 0.3 is 0 Å². The van der Waals surface area contributed by atoms with Crippen LogP contribution in [0.4, 0.5) is 21.6 Å². The Kier molecular flexibility index (Phi) is 3.39. The van der Waals surface area contributed by atoms with Crippen molar-refractivity contribution in [1.82, 2.24) is 4.98 Å². The molecule has 0 spiro atoms. The second kappa shape index (κ2) is 4.82. The molecule has 0 saturated heterocycles. The number of aromatic nitrogens is 1. The van der Waals surface area contributed by atoms with E-state index in [9.17, 15) is 4.39 Å². The fourth-order valence-corrected chi connectivity index (χ4v) is 1.75. The van der Waals surface area contributed by atoms with Gasteiger partial charge in [0.15, 0.2) is 0 Å². The second-order valence-corrected chi connectivity index (χ2v) is 4.41. The van der Waals surface area contributed by atoms with Crippen molar-refractivity contribution in [3.05, 3.63) is 46.9 Å². The molecule has 1 aromatic heterocycles. The number of hydrogen-bond acceptors (Lipinski definition) is 3. The molecule has 0 fully saturated rings. The Morgan fingerprint density at radius 3 is 2.61 bits per heavy atom. The normalized spacial score (nSPS) is 10.4. The van der Waals surface area contributed by atoms with Gasteiger partial charge in [0.2, 0.25) is 0 Å². The molecule has 2 rings (SSSR count). The number of hydrogen-bond donors (Lipinski definition) is 1. The summed E-state index contributed by atoms with van der Waals surface area (Å²) in [5.74, 6) is 0.291. The van der Waals surface area contributed by atoms with E-state index in [-0.39, 0.29) is 5.02 Å². The first kappa shape index (κ1) is 12.6. The number of halogens is 2. The minimum Gasteiger partial charge on any atom is -0.397 e. The number of rotatable bonds is 2. The average Bonchev–Trinajstić information content (AvgIpc) is 2.35. The van der Waals surface area contributed by atoms with Crippen molar-refractivity contribution in [2.45, 2.75) is 6.92 Å². The monoisotopic (exact) mass is 265 g/mol. The lowest BCUT2D eigenvalue weighted by Gasteiger charge is -2.19. The van der Waals surface area contributed by atoms with Crippen molar-refractivity contribution in [2.75, 3.05) is 17.7 Å². The summed E-state index contributed by atoms with van der Waals surface area (Å²) in [5.41, 5.74) is 7.88. The van der Waals surface area contributed by atoms with E-state index in [1.54, 1.807) is 24.3 Å². The third-order valence-electron chi connectivity index (χ3n) is 2.75. The topological polar surface area (TPSA) is 42.2 Å². The van der Waals surface area contributed by atoms with Crippen LogP contribution in [-0.4, -0.2) is 12.0 Å². The molecule has 94 valence electrons. The minimum atomic E-state index is -0.435. The van der Waals surface area contributed by atoms with E-state index in [2.05, 4.69) is 4.98 Å². The van der Waals surface area contributed by atoms with Crippen molar-refractivity contribution in [1.29, 1.82) is 0 Å². The molecule has 0 bridgehead atoms. The molecule has 1 aromatic carbocycles. The number of nitrogens with zero attached hydrogens (tertiary/aromatic N) is 2. The highest BCUT2D eigenvalue weighted by Crippen LogP contribution is 2.27. The fourth-order valence-electron chi connectivity index (χ4n) is 1.57. The largest absolute Gasteiger partial charge is 0.397 e. The van der Waals surface area contributed by atoms with Crippen LogP contribution in [0.5, 0.6) is 0 Å². The summed E-state index contributed by atoms with van der Waals surface area (Å²) in [4.78, 5) is 6.18. The molecule has 0 aliphatic carbocycles. The van der Waals surface area contributed by atoms with Gasteiger partial charge in [-0.3, -0.25) is 0 Å². The quantitative estimate of drug-likeness (QED) is 0.903. The van der Waals surface area contributed by atoms with Crippen LogP contribution in [0.15, 0.2) is 30.3 Å². The van der Waals surface area contributed by atoms with Gasteiger partial charge in [-0.05, 0) is 37.3 Å². The van der Waals surface area contributed by atoms with E-state index in [4.69, 9.17) is 17.3 Å². The maximum atomic E-state index is 13.1. The Balaban J connectivity index is 2.37. The predicted octanol–water partition coefficient (Wildman–Crippen LogP) is 3.53. The highest BCUT2D eigenvalue weighted by Gasteiger charge is 2.09. The molecule has 0 unspecified atom stereocenters. The first-order chi connectivity index (χ1) is 8.49. The molecular weight excluding hydrogens is 253 g/mol. The van der Waals surface area contributed by atoms with E-state index in [0.29, 0.717) is 5.69 Å². The predicted molar refractivity (Wildman–Crippen MR) is 72.9 cm³/mol. The summed E-state index contributed by atoms with van der Waals surface area (Å²) in [6.07, 6.45) is 0. The van der Waals surface area contributed by atoms with Gasteiger partial charge in [-0.25, -0.2) is 9.37 Å². The zero-order valence-electron chi connectivity index (χ0n) is 10.1. The van der Waals surface area contributed by atoms with Gasteiger partial charge in [0.1, 0.15) is 11.6 Å². The summed E-state index contributed by atoms with van der Waals surface area (Å²) in [6.45, 7) is 1.84. The fraction of sp³-hybridized carbons (Fsp3) is 0.154. The highest BCUT2D eigenvalue weighted by atomic mass is 35.5. The summed E-state index contributed by atoms with van der Waals surface area (Å²) in [7, 11) is 1.83. The van der Waals surface area contributed by atoms with Crippen LogP contribution in [0.2, 0.25) is 5.02 Å². The van der Waals surface area contributed by atoms with Crippen molar-refractivity contribution >= 4 is 28.8 Å². The van der Waals surface area contributed by atoms with E-state index < -0.39 is 5.82 Å². The first-order valence-corrected chi connectivity index (χ1v) is 5.78. The molecule has 0 amide bonds. The number of anilines is 3. The third-order valence-corrected chi connectivity index (χ3v) is 3.04. The molecule has 2 N–H and O–H groups in total. The lowest BCUT2D eigenvalue weighted by molar-refractivity contribution is 0.628.